The number of amides is 2. The number of hydrogen-bond donors (Lipinski definition) is 2. The van der Waals surface area contributed by atoms with E-state index >= 15 is 0 Å². The number of carbonyl (C=O) groups excluding carboxylic acids is 2. The molecule has 2 aliphatic rings. The van der Waals surface area contributed by atoms with E-state index in [2.05, 4.69) is 27.7 Å². The second-order valence-corrected chi connectivity index (χ2v) is 8.69. The molecule has 1 atom stereocenters. The lowest BCUT2D eigenvalue weighted by atomic mass is 9.88. The highest BCUT2D eigenvalue weighted by Gasteiger charge is 2.42. The summed E-state index contributed by atoms with van der Waals surface area (Å²) in [4.78, 5) is 25.9. The fraction of sp³-hybridized carbons (Fsp3) is 0.440. The van der Waals surface area contributed by atoms with Gasteiger partial charge in [-0.2, -0.15) is 0 Å². The van der Waals surface area contributed by atoms with Crippen molar-refractivity contribution in [3.63, 3.8) is 0 Å². The number of hydrogen-bond acceptors (Lipinski definition) is 4. The molecular formula is C25H31N3O3. The fourth-order valence-electron chi connectivity index (χ4n) is 4.58. The Bertz CT molecular complexity index is 890. The smallest absolute Gasteiger partial charge is 0.251 e. The number of nitrogens with one attached hydrogen (secondary N) is 2. The Labute approximate surface area is 184 Å². The highest BCUT2D eigenvalue weighted by molar-refractivity contribution is 5.94. The van der Waals surface area contributed by atoms with Gasteiger partial charge in [-0.1, -0.05) is 30.3 Å². The van der Waals surface area contributed by atoms with Gasteiger partial charge in [-0.05, 0) is 55.5 Å². The summed E-state index contributed by atoms with van der Waals surface area (Å²) in [5, 5.41) is 5.82. The number of rotatable bonds is 6. The minimum atomic E-state index is -0.0522. The zero-order chi connectivity index (χ0) is 21.7. The minimum absolute atomic E-state index is 0.0338. The first-order valence-corrected chi connectivity index (χ1v) is 11.1. The molecule has 6 nitrogen and oxygen atoms in total. The van der Waals surface area contributed by atoms with E-state index in [9.17, 15) is 9.59 Å². The van der Waals surface area contributed by atoms with Crippen molar-refractivity contribution in [2.45, 2.75) is 50.9 Å². The van der Waals surface area contributed by atoms with Crippen molar-refractivity contribution in [3.05, 3.63) is 65.7 Å². The molecule has 1 spiro atoms. The van der Waals surface area contributed by atoms with Crippen LogP contribution >= 0.6 is 0 Å². The van der Waals surface area contributed by atoms with Gasteiger partial charge in [-0.15, -0.1) is 0 Å². The number of piperidine rings is 1. The summed E-state index contributed by atoms with van der Waals surface area (Å²) in [6.07, 6.45) is 4.22. The summed E-state index contributed by atoms with van der Waals surface area (Å²) >= 11 is 0. The molecule has 1 unspecified atom stereocenters. The third kappa shape index (κ3) is 5.71. The molecule has 31 heavy (non-hydrogen) atoms. The maximum absolute atomic E-state index is 12.3. The molecule has 2 fully saturated rings. The van der Waals surface area contributed by atoms with E-state index in [-0.39, 0.29) is 23.5 Å². The topological polar surface area (TPSA) is 70.7 Å². The van der Waals surface area contributed by atoms with E-state index in [1.54, 1.807) is 0 Å². The monoisotopic (exact) mass is 421 g/mol. The lowest BCUT2D eigenvalue weighted by Gasteiger charge is -2.39. The normalized spacial score (nSPS) is 20.5. The van der Waals surface area contributed by atoms with E-state index in [1.165, 1.54) is 12.5 Å². The zero-order valence-electron chi connectivity index (χ0n) is 18.1. The Kier molecular flexibility index (Phi) is 6.68. The maximum atomic E-state index is 12.3. The van der Waals surface area contributed by atoms with E-state index in [0.717, 1.165) is 51.0 Å². The molecule has 2 aromatic carbocycles. The number of nitrogens with zero attached hydrogens (tertiary/aromatic N) is 1. The Morgan fingerprint density at radius 2 is 1.74 bits per heavy atom. The number of ether oxygens (including phenoxy) is 1. The van der Waals surface area contributed by atoms with Crippen molar-refractivity contribution in [1.82, 2.24) is 10.2 Å². The van der Waals surface area contributed by atoms with Gasteiger partial charge in [0.25, 0.3) is 5.91 Å². The standard InChI is InChI=1S/C25H31N3O3/c1-19(29)27-22-9-7-20(8-10-22)18-28-15-13-25(14-16-28)12-11-23(31-25)17-26-24(30)21-5-3-2-4-6-21/h2-10,23H,11-18H2,1H3,(H,26,30)(H,27,29). The lowest BCUT2D eigenvalue weighted by Crippen LogP contribution is -2.44. The first-order chi connectivity index (χ1) is 15.0. The van der Waals surface area contributed by atoms with E-state index in [0.29, 0.717) is 12.1 Å². The predicted octanol–water partition coefficient (Wildman–Crippen LogP) is 3.59. The molecule has 2 saturated heterocycles. The van der Waals surface area contributed by atoms with E-state index in [4.69, 9.17) is 4.74 Å². The van der Waals surface area contributed by atoms with Crippen LogP contribution in [0.5, 0.6) is 0 Å². The summed E-state index contributed by atoms with van der Waals surface area (Å²) in [5.41, 5.74) is 2.74. The van der Waals surface area contributed by atoms with Crippen LogP contribution in [-0.4, -0.2) is 48.1 Å². The summed E-state index contributed by atoms with van der Waals surface area (Å²) in [6, 6.07) is 17.4. The summed E-state index contributed by atoms with van der Waals surface area (Å²) in [6.45, 7) is 5.02. The maximum Gasteiger partial charge on any atom is 0.251 e. The predicted molar refractivity (Wildman–Crippen MR) is 121 cm³/mol. The van der Waals surface area contributed by atoms with Gasteiger partial charge >= 0.3 is 0 Å². The first kappa shape index (κ1) is 21.5. The van der Waals surface area contributed by atoms with Crippen LogP contribution in [0.2, 0.25) is 0 Å². The molecule has 164 valence electrons. The third-order valence-corrected chi connectivity index (χ3v) is 6.31. The molecule has 0 aliphatic carbocycles. The van der Waals surface area contributed by atoms with Gasteiger partial charge in [-0.3, -0.25) is 14.5 Å². The van der Waals surface area contributed by atoms with Crippen LogP contribution in [-0.2, 0) is 16.1 Å². The van der Waals surface area contributed by atoms with Crippen molar-refractivity contribution in [2.24, 2.45) is 0 Å². The van der Waals surface area contributed by atoms with Crippen molar-refractivity contribution < 1.29 is 14.3 Å². The van der Waals surface area contributed by atoms with Gasteiger partial charge in [0.1, 0.15) is 0 Å². The molecule has 0 aromatic heterocycles. The van der Waals surface area contributed by atoms with Crippen LogP contribution < -0.4 is 10.6 Å². The van der Waals surface area contributed by atoms with Gasteiger partial charge in [0.15, 0.2) is 0 Å². The number of likely N-dealkylation sites (tertiary alicyclic amines) is 1. The average molecular weight is 422 g/mol. The van der Waals surface area contributed by atoms with Crippen LogP contribution in [0.4, 0.5) is 5.69 Å². The third-order valence-electron chi connectivity index (χ3n) is 6.31. The van der Waals surface area contributed by atoms with Gasteiger partial charge in [-0.25, -0.2) is 0 Å². The summed E-state index contributed by atoms with van der Waals surface area (Å²) in [7, 11) is 0. The molecule has 2 heterocycles. The molecule has 2 N–H and O–H groups in total. The van der Waals surface area contributed by atoms with Crippen LogP contribution in [0.1, 0.15) is 48.5 Å². The number of carbonyl (C=O) groups is 2. The Morgan fingerprint density at radius 3 is 2.42 bits per heavy atom. The Morgan fingerprint density at radius 1 is 1.03 bits per heavy atom. The quantitative estimate of drug-likeness (QED) is 0.748. The molecule has 2 amide bonds. The molecule has 0 bridgehead atoms. The second-order valence-electron chi connectivity index (χ2n) is 8.69. The van der Waals surface area contributed by atoms with Crippen LogP contribution in [0.3, 0.4) is 0 Å². The lowest BCUT2D eigenvalue weighted by molar-refractivity contribution is -0.114. The number of anilines is 1. The van der Waals surface area contributed by atoms with Gasteiger partial charge in [0.05, 0.1) is 11.7 Å². The summed E-state index contributed by atoms with van der Waals surface area (Å²) in [5.74, 6) is -0.0898. The highest BCUT2D eigenvalue weighted by atomic mass is 16.5. The molecule has 0 radical (unpaired) electrons. The van der Waals surface area contributed by atoms with E-state index in [1.807, 2.05) is 42.5 Å². The molecule has 2 aliphatic heterocycles. The van der Waals surface area contributed by atoms with E-state index < -0.39 is 0 Å². The molecular weight excluding hydrogens is 390 g/mol. The van der Waals surface area contributed by atoms with Gasteiger partial charge in [0.2, 0.25) is 5.91 Å². The summed E-state index contributed by atoms with van der Waals surface area (Å²) < 4.78 is 6.45. The Balaban J connectivity index is 1.21. The molecule has 6 heteroatoms. The SMILES string of the molecule is CC(=O)Nc1ccc(CN2CCC3(CCC(CNC(=O)c4ccccc4)O3)CC2)cc1. The van der Waals surface area contributed by atoms with Gasteiger partial charge < -0.3 is 15.4 Å². The second kappa shape index (κ2) is 9.62. The highest BCUT2D eigenvalue weighted by Crippen LogP contribution is 2.39. The Hall–Kier alpha value is -2.70. The van der Waals surface area contributed by atoms with Gasteiger partial charge in [0, 0.05) is 44.4 Å². The minimum Gasteiger partial charge on any atom is -0.370 e. The van der Waals surface area contributed by atoms with Crippen LogP contribution in [0.15, 0.2) is 54.6 Å². The van der Waals surface area contributed by atoms with Crippen molar-refractivity contribution >= 4 is 17.5 Å². The largest absolute Gasteiger partial charge is 0.370 e. The van der Waals surface area contributed by atoms with Crippen molar-refractivity contribution in [2.75, 3.05) is 25.0 Å². The number of benzene rings is 2. The first-order valence-electron chi connectivity index (χ1n) is 11.1. The van der Waals surface area contributed by atoms with Crippen LogP contribution in [0.25, 0.3) is 0 Å². The molecule has 4 rings (SSSR count). The zero-order valence-corrected chi connectivity index (χ0v) is 18.1. The molecule has 2 aromatic rings. The van der Waals surface area contributed by atoms with Crippen molar-refractivity contribution in [3.8, 4) is 0 Å². The molecule has 0 saturated carbocycles. The van der Waals surface area contributed by atoms with Crippen molar-refractivity contribution in [1.29, 1.82) is 0 Å². The average Bonchev–Trinajstić information content (AvgIpc) is 3.18. The van der Waals surface area contributed by atoms with Crippen LogP contribution in [0, 0.1) is 0 Å². The fourth-order valence-corrected chi connectivity index (χ4v) is 4.58.